The molecule has 1 aromatic rings. The predicted octanol–water partition coefficient (Wildman–Crippen LogP) is 2.22. The maximum atomic E-state index is 12.1. The summed E-state index contributed by atoms with van der Waals surface area (Å²) in [5.74, 6) is 0. The second-order valence-electron chi connectivity index (χ2n) is 4.53. The Morgan fingerprint density at radius 3 is 2.52 bits per heavy atom. The summed E-state index contributed by atoms with van der Waals surface area (Å²) in [4.78, 5) is 2.31. The van der Waals surface area contributed by atoms with Gasteiger partial charge < -0.3 is 4.90 Å². The van der Waals surface area contributed by atoms with Crippen molar-refractivity contribution in [3.8, 4) is 6.07 Å². The number of sulfonamides is 1. The molecule has 1 rings (SSSR count). The lowest BCUT2D eigenvalue weighted by atomic mass is 10.2. The molecule has 0 aliphatic heterocycles. The van der Waals surface area contributed by atoms with E-state index in [0.717, 1.165) is 26.1 Å². The van der Waals surface area contributed by atoms with Crippen LogP contribution in [0.25, 0.3) is 0 Å². The molecule has 0 radical (unpaired) electrons. The molecule has 0 aliphatic rings. The van der Waals surface area contributed by atoms with Gasteiger partial charge >= 0.3 is 0 Å². The minimum Gasteiger partial charge on any atom is -0.304 e. The summed E-state index contributed by atoms with van der Waals surface area (Å²) in [6.07, 6.45) is 0.741. The summed E-state index contributed by atoms with van der Waals surface area (Å²) in [6, 6.07) is 5.99. The van der Waals surface area contributed by atoms with Gasteiger partial charge in [0.1, 0.15) is 6.07 Å². The molecule has 7 heteroatoms. The quantitative estimate of drug-likeness (QED) is 0.742. The maximum Gasteiger partial charge on any atom is 0.240 e. The molecule has 0 fully saturated rings. The number of hydrogen-bond acceptors (Lipinski definition) is 4. The Morgan fingerprint density at radius 1 is 1.33 bits per heavy atom. The fourth-order valence-corrected chi connectivity index (χ4v) is 3.27. The lowest BCUT2D eigenvalue weighted by molar-refractivity contribution is 0.300. The number of nitrogens with one attached hydrogen (secondary N) is 1. The van der Waals surface area contributed by atoms with Crippen molar-refractivity contribution in [3.05, 3.63) is 28.8 Å². The summed E-state index contributed by atoms with van der Waals surface area (Å²) in [6.45, 7) is 7.28. The Bertz CT molecular complexity index is 607. The molecule has 0 bridgehead atoms. The fourth-order valence-electron chi connectivity index (χ4n) is 1.89. The zero-order valence-electron chi connectivity index (χ0n) is 12.3. The monoisotopic (exact) mass is 329 g/mol. The molecule has 21 heavy (non-hydrogen) atoms. The number of halogens is 1. The zero-order valence-corrected chi connectivity index (χ0v) is 13.8. The normalized spacial score (nSPS) is 11.6. The average molecular weight is 330 g/mol. The summed E-state index contributed by atoms with van der Waals surface area (Å²) in [7, 11) is -3.58. The van der Waals surface area contributed by atoms with E-state index in [9.17, 15) is 8.42 Å². The zero-order chi connectivity index (χ0) is 15.9. The van der Waals surface area contributed by atoms with Crippen LogP contribution in [0.2, 0.25) is 5.02 Å². The third-order valence-electron chi connectivity index (χ3n) is 3.21. The van der Waals surface area contributed by atoms with Crippen molar-refractivity contribution in [3.63, 3.8) is 0 Å². The molecule has 0 saturated heterocycles. The van der Waals surface area contributed by atoms with E-state index in [4.69, 9.17) is 16.9 Å². The molecule has 0 spiro atoms. The van der Waals surface area contributed by atoms with Crippen LogP contribution < -0.4 is 4.72 Å². The van der Waals surface area contributed by atoms with E-state index in [0.29, 0.717) is 6.54 Å². The van der Waals surface area contributed by atoms with Gasteiger partial charge in [0, 0.05) is 6.54 Å². The molecule has 0 atom stereocenters. The highest BCUT2D eigenvalue weighted by Gasteiger charge is 2.15. The van der Waals surface area contributed by atoms with Crippen LogP contribution in [-0.2, 0) is 10.0 Å². The molecular weight excluding hydrogens is 310 g/mol. The van der Waals surface area contributed by atoms with Gasteiger partial charge in [-0.15, -0.1) is 0 Å². The van der Waals surface area contributed by atoms with Gasteiger partial charge in [0.2, 0.25) is 10.0 Å². The minimum absolute atomic E-state index is 0.0781. The van der Waals surface area contributed by atoms with Gasteiger partial charge in [-0.3, -0.25) is 0 Å². The van der Waals surface area contributed by atoms with Gasteiger partial charge in [-0.25, -0.2) is 13.1 Å². The van der Waals surface area contributed by atoms with Gasteiger partial charge in [-0.1, -0.05) is 25.4 Å². The second kappa shape index (κ2) is 8.35. The molecule has 0 amide bonds. The van der Waals surface area contributed by atoms with Crippen molar-refractivity contribution in [2.24, 2.45) is 0 Å². The maximum absolute atomic E-state index is 12.1. The average Bonchev–Trinajstić information content (AvgIpc) is 2.47. The van der Waals surface area contributed by atoms with Crippen LogP contribution >= 0.6 is 11.6 Å². The van der Waals surface area contributed by atoms with E-state index < -0.39 is 10.0 Å². The topological polar surface area (TPSA) is 73.2 Å². The smallest absolute Gasteiger partial charge is 0.240 e. The molecule has 0 saturated carbocycles. The summed E-state index contributed by atoms with van der Waals surface area (Å²) >= 11 is 5.85. The molecule has 1 N–H and O–H groups in total. The van der Waals surface area contributed by atoms with Gasteiger partial charge in [-0.05, 0) is 44.3 Å². The Hall–Kier alpha value is -1.13. The molecular formula is C14H20ClN3O2S. The summed E-state index contributed by atoms with van der Waals surface area (Å²) in [5, 5.41) is 8.92. The number of hydrogen-bond donors (Lipinski definition) is 1. The van der Waals surface area contributed by atoms with Crippen LogP contribution in [-0.4, -0.2) is 39.5 Å². The molecule has 0 heterocycles. The number of benzene rings is 1. The van der Waals surface area contributed by atoms with Crippen molar-refractivity contribution in [1.82, 2.24) is 9.62 Å². The lowest BCUT2D eigenvalue weighted by Gasteiger charge is -2.17. The minimum atomic E-state index is -3.58. The van der Waals surface area contributed by atoms with Crippen molar-refractivity contribution in [1.29, 1.82) is 5.26 Å². The second-order valence-corrected chi connectivity index (χ2v) is 6.71. The van der Waals surface area contributed by atoms with E-state index in [2.05, 4.69) is 23.5 Å². The first-order chi connectivity index (χ1) is 9.94. The van der Waals surface area contributed by atoms with Crippen molar-refractivity contribution in [2.45, 2.75) is 25.2 Å². The van der Waals surface area contributed by atoms with E-state index in [-0.39, 0.29) is 15.5 Å². The van der Waals surface area contributed by atoms with E-state index in [1.54, 1.807) is 0 Å². The first kappa shape index (κ1) is 17.9. The van der Waals surface area contributed by atoms with Crippen molar-refractivity contribution in [2.75, 3.05) is 26.2 Å². The lowest BCUT2D eigenvalue weighted by Crippen LogP contribution is -2.30. The highest BCUT2D eigenvalue weighted by atomic mass is 35.5. The van der Waals surface area contributed by atoms with Gasteiger partial charge in [-0.2, -0.15) is 5.26 Å². The Balaban J connectivity index is 2.62. The first-order valence-electron chi connectivity index (χ1n) is 6.86. The molecule has 0 aliphatic carbocycles. The van der Waals surface area contributed by atoms with Crippen molar-refractivity contribution >= 4 is 21.6 Å². The summed E-state index contributed by atoms with van der Waals surface area (Å²) in [5.41, 5.74) is 0.261. The number of rotatable bonds is 8. The first-order valence-corrected chi connectivity index (χ1v) is 8.72. The van der Waals surface area contributed by atoms with Gasteiger partial charge in [0.05, 0.1) is 15.5 Å². The molecule has 0 aromatic heterocycles. The van der Waals surface area contributed by atoms with Gasteiger partial charge in [0.15, 0.2) is 0 Å². The Labute approximate surface area is 131 Å². The predicted molar refractivity (Wildman–Crippen MR) is 83.8 cm³/mol. The highest BCUT2D eigenvalue weighted by molar-refractivity contribution is 7.89. The van der Waals surface area contributed by atoms with Crippen LogP contribution in [0.3, 0.4) is 0 Å². The number of nitriles is 1. The van der Waals surface area contributed by atoms with Crippen LogP contribution in [0.15, 0.2) is 23.1 Å². The van der Waals surface area contributed by atoms with E-state index >= 15 is 0 Å². The standard InChI is InChI=1S/C14H20ClN3O2S/c1-3-18(4-2)9-5-8-17-21(19,20)13-7-6-12(11-16)14(15)10-13/h6-7,10,17H,3-5,8-9H2,1-2H3. The van der Waals surface area contributed by atoms with Gasteiger partial charge in [0.25, 0.3) is 0 Å². The fraction of sp³-hybridized carbons (Fsp3) is 0.500. The van der Waals surface area contributed by atoms with Crippen LogP contribution in [0.5, 0.6) is 0 Å². The van der Waals surface area contributed by atoms with Crippen LogP contribution in [0.4, 0.5) is 0 Å². The molecule has 5 nitrogen and oxygen atoms in total. The van der Waals surface area contributed by atoms with E-state index in [1.807, 2.05) is 6.07 Å². The van der Waals surface area contributed by atoms with Crippen LogP contribution in [0, 0.1) is 11.3 Å². The summed E-state index contributed by atoms with van der Waals surface area (Å²) < 4.78 is 26.8. The molecule has 1 aromatic carbocycles. The molecule has 0 unspecified atom stereocenters. The third kappa shape index (κ3) is 5.29. The van der Waals surface area contributed by atoms with Crippen molar-refractivity contribution < 1.29 is 8.42 Å². The Morgan fingerprint density at radius 2 is 2.00 bits per heavy atom. The highest BCUT2D eigenvalue weighted by Crippen LogP contribution is 2.19. The molecule has 116 valence electrons. The van der Waals surface area contributed by atoms with Crippen LogP contribution in [0.1, 0.15) is 25.8 Å². The Kier molecular flexibility index (Phi) is 7.12. The largest absolute Gasteiger partial charge is 0.304 e. The van der Waals surface area contributed by atoms with E-state index in [1.165, 1.54) is 18.2 Å². The SMILES string of the molecule is CCN(CC)CCCNS(=O)(=O)c1ccc(C#N)c(Cl)c1. The third-order valence-corrected chi connectivity index (χ3v) is 4.98. The number of nitrogens with zero attached hydrogens (tertiary/aromatic N) is 2.